The Hall–Kier alpha value is -10.2. The van der Waals surface area contributed by atoms with Gasteiger partial charge in [-0.2, -0.15) is 0 Å². The third-order valence-electron chi connectivity index (χ3n) is 20.3. The zero-order valence-electron chi connectivity index (χ0n) is 60.2. The Morgan fingerprint density at radius 3 is 0.811 bits per heavy atom. The van der Waals surface area contributed by atoms with Gasteiger partial charge in [0.1, 0.15) is 35.6 Å². The lowest BCUT2D eigenvalue weighted by molar-refractivity contribution is -0.121. The lowest BCUT2D eigenvalue weighted by Crippen LogP contribution is -2.46. The molecule has 3 amide bonds. The Balaban J connectivity index is 0.000000146. The molecular formula is C78H75Cl6N15O12. The second-order valence-electron chi connectivity index (χ2n) is 27.3. The Bertz CT molecular complexity index is 5370. The van der Waals surface area contributed by atoms with Crippen molar-refractivity contribution in [2.45, 2.75) is 97.1 Å². The van der Waals surface area contributed by atoms with Crippen molar-refractivity contribution < 1.29 is 28.6 Å². The molecule has 3 aliphatic rings. The smallest absolute Gasteiger partial charge is 0.333 e. The van der Waals surface area contributed by atoms with Crippen molar-refractivity contribution in [2.24, 2.45) is 35.0 Å². The second kappa shape index (κ2) is 33.8. The largest absolute Gasteiger partial charge is 0.381 e. The molecule has 576 valence electrons. The molecule has 6 N–H and O–H groups in total. The lowest BCUT2D eigenvalue weighted by Gasteiger charge is -2.23. The average Bonchev–Trinajstić information content (AvgIpc) is 1.61. The molecule has 111 heavy (non-hydrogen) atoms. The fourth-order valence-electron chi connectivity index (χ4n) is 14.1. The van der Waals surface area contributed by atoms with Gasteiger partial charge in [0.15, 0.2) is 33.5 Å². The number of hydrogen-bond donors (Lipinski definition) is 3. The Kier molecular flexibility index (Phi) is 24.0. The van der Waals surface area contributed by atoms with Crippen LogP contribution in [0.15, 0.2) is 174 Å². The highest BCUT2D eigenvalue weighted by molar-refractivity contribution is 6.34. The first-order valence-electron chi connectivity index (χ1n) is 35.8. The second-order valence-corrected chi connectivity index (χ2v) is 29.8. The number of benzene rings is 6. The molecule has 0 saturated carbocycles. The minimum absolute atomic E-state index is 0.133. The van der Waals surface area contributed by atoms with Gasteiger partial charge < -0.3 is 31.4 Å². The van der Waals surface area contributed by atoms with Crippen LogP contribution in [0.1, 0.15) is 77.4 Å². The molecule has 15 rings (SSSR count). The van der Waals surface area contributed by atoms with Gasteiger partial charge in [-0.15, -0.1) is 0 Å². The maximum atomic E-state index is 13.9. The van der Waals surface area contributed by atoms with E-state index in [0.29, 0.717) is 141 Å². The monoisotopic (exact) mass is 1620 g/mol. The number of ether oxygens (including phenoxy) is 3. The van der Waals surface area contributed by atoms with Gasteiger partial charge in [0.25, 0.3) is 16.7 Å². The summed E-state index contributed by atoms with van der Waals surface area (Å²) in [4.78, 5) is 134. The van der Waals surface area contributed by atoms with Crippen molar-refractivity contribution in [3.63, 3.8) is 0 Å². The van der Waals surface area contributed by atoms with Crippen molar-refractivity contribution >= 4 is 121 Å². The summed E-state index contributed by atoms with van der Waals surface area (Å²) in [6, 6.07) is 38.6. The number of carbonyl (C=O) groups excluding carboxylic acids is 3. The van der Waals surface area contributed by atoms with Crippen molar-refractivity contribution in [1.82, 2.24) is 56.1 Å². The van der Waals surface area contributed by atoms with Crippen LogP contribution in [0.5, 0.6) is 0 Å². The maximum Gasteiger partial charge on any atom is 0.333 e. The molecule has 9 heterocycles. The quantitative estimate of drug-likeness (QED) is 0.0719. The van der Waals surface area contributed by atoms with Crippen LogP contribution in [0, 0.1) is 17.8 Å². The minimum atomic E-state index is -1.16. The number of halogens is 6. The van der Waals surface area contributed by atoms with Gasteiger partial charge in [0.2, 0.25) is 17.7 Å². The lowest BCUT2D eigenvalue weighted by atomic mass is 10.0. The van der Waals surface area contributed by atoms with E-state index in [-0.39, 0.29) is 51.2 Å². The number of nitrogens with two attached hydrogens (primary N) is 3. The van der Waals surface area contributed by atoms with Crippen LogP contribution in [-0.2, 0) is 48.2 Å². The Morgan fingerprint density at radius 2 is 0.595 bits per heavy atom. The van der Waals surface area contributed by atoms with E-state index in [1.54, 1.807) is 141 Å². The zero-order chi connectivity index (χ0) is 78.8. The number of carbonyl (C=O) groups is 3. The van der Waals surface area contributed by atoms with Gasteiger partial charge in [-0.25, -0.2) is 43.0 Å². The molecule has 0 bridgehead atoms. The number of nitrogens with zero attached hydrogens (tertiary/aromatic N) is 12. The first-order valence-corrected chi connectivity index (χ1v) is 38.1. The van der Waals surface area contributed by atoms with E-state index in [0.717, 1.165) is 52.2 Å². The number of amides is 3. The molecule has 1 unspecified atom stereocenters. The minimum Gasteiger partial charge on any atom is -0.381 e. The average molecular weight is 1630 g/mol. The van der Waals surface area contributed by atoms with Crippen LogP contribution in [0.25, 0.3) is 84.7 Å². The summed E-state index contributed by atoms with van der Waals surface area (Å²) in [5, 5.41) is 2.84. The van der Waals surface area contributed by atoms with E-state index >= 15 is 0 Å². The standard InChI is InChI=1S/3C26H25Cl2N5O4/c3*1-15(22(29)34)32-25(35)21-24(31(26(32)36)14-16-10-12-37-13-11-16)30-23(19-4-2-3-5-20(19)28)33(21)18-8-6-17(27)7-9-18/h3*2-9,15-16H,10-14H2,1H3,(H2,29,34)/t2*15-;/m10./s1. The maximum absolute atomic E-state index is 13.9. The van der Waals surface area contributed by atoms with Gasteiger partial charge in [0, 0.05) is 108 Å². The molecule has 3 saturated heterocycles. The molecule has 3 fully saturated rings. The molecule has 12 aromatic rings. The number of rotatable bonds is 18. The molecule has 0 radical (unpaired) electrons. The highest BCUT2D eigenvalue weighted by atomic mass is 35.5. The van der Waals surface area contributed by atoms with E-state index in [2.05, 4.69) is 0 Å². The zero-order valence-corrected chi connectivity index (χ0v) is 64.7. The van der Waals surface area contributed by atoms with E-state index in [1.165, 1.54) is 34.5 Å². The summed E-state index contributed by atoms with van der Waals surface area (Å²) in [5.41, 5.74) is 17.3. The van der Waals surface area contributed by atoms with Gasteiger partial charge >= 0.3 is 17.1 Å². The SMILES string of the molecule is CC(C(N)=O)n1c(=O)c2c(nc(-c3ccccc3Cl)n2-c2ccc(Cl)cc2)n(CC2CCOCC2)c1=O.C[C@@H](C(N)=O)n1c(=O)c2c(nc(-c3ccccc3Cl)n2-c2ccc(Cl)cc2)n(CC2CCOCC2)c1=O.C[C@H](C(N)=O)n1c(=O)c2c(nc(-c3ccccc3Cl)n2-c2ccc(Cl)cc2)n(CC2CCOCC2)c1=O. The fraction of sp³-hybridized carbons (Fsp3) is 0.308. The summed E-state index contributed by atoms with van der Waals surface area (Å²) in [5.74, 6) is -0.837. The summed E-state index contributed by atoms with van der Waals surface area (Å²) >= 11 is 38.1. The summed E-state index contributed by atoms with van der Waals surface area (Å²) < 4.78 is 28.5. The molecule has 3 atom stereocenters. The number of aromatic nitrogens is 12. The summed E-state index contributed by atoms with van der Waals surface area (Å²) in [6.07, 6.45) is 4.55. The van der Waals surface area contributed by atoms with Gasteiger partial charge in [-0.3, -0.25) is 56.2 Å². The van der Waals surface area contributed by atoms with Crippen LogP contribution in [0.2, 0.25) is 30.1 Å². The summed E-state index contributed by atoms with van der Waals surface area (Å²) in [7, 11) is 0. The normalized spacial score (nSPS) is 15.2. The van der Waals surface area contributed by atoms with Gasteiger partial charge in [-0.1, -0.05) is 106 Å². The number of hydrogen-bond acceptors (Lipinski definition) is 15. The third kappa shape index (κ3) is 15.9. The predicted octanol–water partition coefficient (Wildman–Crippen LogP) is 11.4. The molecule has 33 heteroatoms. The number of imidazole rings is 3. The molecular weight excluding hydrogens is 1550 g/mol. The molecule has 27 nitrogen and oxygen atoms in total. The van der Waals surface area contributed by atoms with Crippen LogP contribution in [0.3, 0.4) is 0 Å². The Labute approximate surface area is 662 Å². The van der Waals surface area contributed by atoms with Crippen molar-refractivity contribution in [1.29, 1.82) is 0 Å². The van der Waals surface area contributed by atoms with Crippen LogP contribution >= 0.6 is 69.6 Å². The van der Waals surface area contributed by atoms with E-state index in [9.17, 15) is 43.2 Å². The van der Waals surface area contributed by atoms with Crippen molar-refractivity contribution in [2.75, 3.05) is 39.6 Å². The van der Waals surface area contributed by atoms with E-state index < -0.39 is 69.6 Å². The Morgan fingerprint density at radius 1 is 0.369 bits per heavy atom. The molecule has 0 spiro atoms. The van der Waals surface area contributed by atoms with Crippen LogP contribution in [-0.4, -0.2) is 113 Å². The molecule has 6 aromatic carbocycles. The van der Waals surface area contributed by atoms with Crippen LogP contribution < -0.4 is 50.9 Å². The van der Waals surface area contributed by atoms with Crippen molar-refractivity contribution in [3.8, 4) is 51.2 Å². The third-order valence-corrected chi connectivity index (χ3v) is 22.0. The fourth-order valence-corrected chi connectivity index (χ4v) is 15.1. The van der Waals surface area contributed by atoms with Gasteiger partial charge in [0.05, 0.1) is 15.1 Å². The number of primary amides is 3. The first kappa shape index (κ1) is 78.9. The molecule has 0 aliphatic carbocycles. The van der Waals surface area contributed by atoms with E-state index in [4.69, 9.17) is 116 Å². The predicted molar refractivity (Wildman–Crippen MR) is 427 cm³/mol. The van der Waals surface area contributed by atoms with Crippen LogP contribution in [0.4, 0.5) is 0 Å². The van der Waals surface area contributed by atoms with Gasteiger partial charge in [-0.05, 0) is 186 Å². The van der Waals surface area contributed by atoms with Crippen molar-refractivity contribution in [3.05, 3.63) is 238 Å². The molecule has 6 aromatic heterocycles. The molecule has 3 aliphatic heterocycles. The highest BCUT2D eigenvalue weighted by Crippen LogP contribution is 2.37. The topological polar surface area (TPSA) is 342 Å². The number of fused-ring (bicyclic) bond motifs is 3. The summed E-state index contributed by atoms with van der Waals surface area (Å²) in [6.45, 7) is 8.77. The first-order chi connectivity index (χ1) is 53.3. The highest BCUT2D eigenvalue weighted by Gasteiger charge is 2.34. The van der Waals surface area contributed by atoms with E-state index in [1.807, 2.05) is 18.2 Å².